The third-order valence-corrected chi connectivity index (χ3v) is 9.55. The maximum absolute atomic E-state index is 14.6. The van der Waals surface area contributed by atoms with Crippen molar-refractivity contribution in [3.8, 4) is 5.75 Å². The second-order valence-corrected chi connectivity index (χ2v) is 11.8. The number of aliphatic hydroxyl groups excluding tert-OH is 1. The van der Waals surface area contributed by atoms with Crippen LogP contribution < -0.4 is 9.64 Å². The van der Waals surface area contributed by atoms with Gasteiger partial charge in [0.1, 0.15) is 29.6 Å². The van der Waals surface area contributed by atoms with Gasteiger partial charge in [-0.1, -0.05) is 48.6 Å². The Labute approximate surface area is 260 Å². The largest absolute Gasteiger partial charge is 0.494 e. The van der Waals surface area contributed by atoms with Crippen LogP contribution in [-0.4, -0.2) is 97.7 Å². The van der Waals surface area contributed by atoms with E-state index in [0.29, 0.717) is 36.5 Å². The number of ether oxygens (including phenoxy) is 2. The summed E-state index contributed by atoms with van der Waals surface area (Å²) in [4.78, 5) is 48.2. The van der Waals surface area contributed by atoms with Gasteiger partial charge in [-0.25, -0.2) is 4.68 Å². The number of aromatic nitrogens is 3. The number of nitrogens with zero attached hydrogens (tertiary/aromatic N) is 6. The van der Waals surface area contributed by atoms with Gasteiger partial charge in [-0.15, -0.1) is 5.10 Å². The van der Waals surface area contributed by atoms with Gasteiger partial charge >= 0.3 is 0 Å². The zero-order valence-electron chi connectivity index (χ0n) is 25.3. The summed E-state index contributed by atoms with van der Waals surface area (Å²) < 4.78 is 14.2. The highest BCUT2D eigenvalue weighted by Crippen LogP contribution is 2.58. The van der Waals surface area contributed by atoms with Gasteiger partial charge in [0.15, 0.2) is 0 Å². The minimum absolute atomic E-state index is 0.0662. The molecular weight excluding hydrogens is 576 g/mol. The van der Waals surface area contributed by atoms with Crippen molar-refractivity contribution in [1.29, 1.82) is 0 Å². The van der Waals surface area contributed by atoms with Gasteiger partial charge in [0.05, 0.1) is 36.2 Å². The highest BCUT2D eigenvalue weighted by Gasteiger charge is 2.75. The fourth-order valence-corrected chi connectivity index (χ4v) is 7.59. The monoisotopic (exact) mass is 612 g/mol. The number of para-hydroxylation sites is 1. The van der Waals surface area contributed by atoms with Crippen molar-refractivity contribution >= 4 is 34.4 Å². The van der Waals surface area contributed by atoms with Crippen molar-refractivity contribution in [2.24, 2.45) is 11.8 Å². The third-order valence-electron chi connectivity index (χ3n) is 9.55. The van der Waals surface area contributed by atoms with Crippen molar-refractivity contribution < 1.29 is 29.0 Å². The lowest BCUT2D eigenvalue weighted by Gasteiger charge is -2.38. The molecule has 1 aromatic heterocycles. The van der Waals surface area contributed by atoms with Crippen LogP contribution in [0.25, 0.3) is 11.0 Å². The molecule has 2 saturated heterocycles. The first kappa shape index (κ1) is 29.2. The van der Waals surface area contributed by atoms with E-state index < -0.39 is 29.1 Å². The van der Waals surface area contributed by atoms with Gasteiger partial charge in [0.25, 0.3) is 5.91 Å². The number of rotatable bonds is 8. The number of likely N-dealkylation sites (tertiary alicyclic amines) is 1. The predicted octanol–water partition coefficient (Wildman–Crippen LogP) is 2.14. The molecule has 5 heterocycles. The van der Waals surface area contributed by atoms with E-state index in [0.717, 1.165) is 5.52 Å². The predicted molar refractivity (Wildman–Crippen MR) is 164 cm³/mol. The van der Waals surface area contributed by atoms with Crippen LogP contribution >= 0.6 is 0 Å². The zero-order valence-corrected chi connectivity index (χ0v) is 25.3. The molecule has 3 aromatic rings. The van der Waals surface area contributed by atoms with Gasteiger partial charge in [0.2, 0.25) is 11.8 Å². The average Bonchev–Trinajstić information content (AvgIpc) is 3.59. The van der Waals surface area contributed by atoms with Crippen molar-refractivity contribution in [2.75, 3.05) is 37.7 Å². The van der Waals surface area contributed by atoms with E-state index in [-0.39, 0.29) is 44.1 Å². The van der Waals surface area contributed by atoms with Gasteiger partial charge < -0.3 is 29.3 Å². The number of anilines is 1. The van der Waals surface area contributed by atoms with Gasteiger partial charge in [-0.2, -0.15) is 0 Å². The van der Waals surface area contributed by atoms with Gasteiger partial charge in [-0.3, -0.25) is 14.4 Å². The number of fused-ring (bicyclic) bond motifs is 3. The molecule has 2 fully saturated rings. The standard InChI is InChI=1S/C33H36N6O6/c1-3-32-15-7-18-37(22-11-13-23(14-12-22)44-4-2)29(41)26(32)27-30(42)38(19-20-40)28-31(43)36(17-8-16-33(27,28)45-32)21-39-25-10-6-5-9-24(25)34-35-39/h5-16,26-28,40H,3-4,17-21H2,1-2H3/t26-,27+,28?,32+,33+/m1/s1. The van der Waals surface area contributed by atoms with Crippen LogP contribution in [0.5, 0.6) is 5.75 Å². The number of β-amino-alcohol motifs (C(OH)–C–C–N with tert-alkyl or cyclic N) is 1. The molecule has 0 saturated carbocycles. The lowest BCUT2D eigenvalue weighted by atomic mass is 9.73. The van der Waals surface area contributed by atoms with Crippen molar-refractivity contribution in [3.63, 3.8) is 0 Å². The minimum Gasteiger partial charge on any atom is -0.494 e. The number of amides is 3. The lowest BCUT2D eigenvalue weighted by molar-refractivity contribution is -0.153. The maximum Gasteiger partial charge on any atom is 0.250 e. The SMILES string of the molecule is CCOc1ccc(N2CC=C[C@]3(CC)O[C@]45C=CCN(Cn6nnc7ccccc76)C(=O)C4N(CCO)C(=O)[C@@H]5[C@@H]3C2=O)cc1. The Balaban J connectivity index is 1.28. The molecule has 1 N–H and O–H groups in total. The Bertz CT molecular complexity index is 1700. The molecule has 12 heteroatoms. The number of hydrogen-bond acceptors (Lipinski definition) is 8. The fraction of sp³-hybridized carbons (Fsp3) is 0.424. The summed E-state index contributed by atoms with van der Waals surface area (Å²) in [5.74, 6) is -2.13. The second kappa shape index (κ2) is 11.1. The summed E-state index contributed by atoms with van der Waals surface area (Å²) in [6, 6.07) is 13.7. The summed E-state index contributed by atoms with van der Waals surface area (Å²) >= 11 is 0. The molecule has 2 aromatic carbocycles. The molecule has 0 radical (unpaired) electrons. The highest BCUT2D eigenvalue weighted by molar-refractivity contribution is 6.04. The number of carbonyl (C=O) groups excluding carboxylic acids is 3. The van der Waals surface area contributed by atoms with Crippen molar-refractivity contribution in [1.82, 2.24) is 24.8 Å². The van der Waals surface area contributed by atoms with Crippen LogP contribution in [0.3, 0.4) is 0 Å². The summed E-state index contributed by atoms with van der Waals surface area (Å²) in [6.45, 7) is 4.62. The van der Waals surface area contributed by atoms with Crippen molar-refractivity contribution in [3.05, 3.63) is 72.8 Å². The Morgan fingerprint density at radius 2 is 1.73 bits per heavy atom. The normalized spacial score (nSPS) is 29.2. The van der Waals surface area contributed by atoms with Crippen LogP contribution in [0.4, 0.5) is 5.69 Å². The Morgan fingerprint density at radius 1 is 0.956 bits per heavy atom. The van der Waals surface area contributed by atoms with Gasteiger partial charge in [0, 0.05) is 25.3 Å². The molecule has 3 amide bonds. The van der Waals surface area contributed by atoms with E-state index >= 15 is 0 Å². The van der Waals surface area contributed by atoms with Crippen molar-refractivity contribution in [2.45, 2.75) is 44.2 Å². The Kier molecular flexibility index (Phi) is 7.20. The van der Waals surface area contributed by atoms with E-state index in [9.17, 15) is 19.5 Å². The molecule has 0 bridgehead atoms. The molecule has 0 aliphatic carbocycles. The number of aliphatic hydroxyl groups is 1. The molecule has 4 aliphatic heterocycles. The number of benzene rings is 2. The van der Waals surface area contributed by atoms with Crippen LogP contribution in [0.15, 0.2) is 72.8 Å². The molecule has 4 aliphatic rings. The Hall–Kier alpha value is -4.55. The molecule has 234 valence electrons. The van der Waals surface area contributed by atoms with Crippen LogP contribution in [0.2, 0.25) is 0 Å². The first-order chi connectivity index (χ1) is 21.9. The quantitative estimate of drug-likeness (QED) is 0.383. The minimum atomic E-state index is -1.41. The Morgan fingerprint density at radius 3 is 2.49 bits per heavy atom. The molecule has 1 unspecified atom stereocenters. The summed E-state index contributed by atoms with van der Waals surface area (Å²) in [7, 11) is 0. The molecule has 5 atom stereocenters. The van der Waals surface area contributed by atoms with Crippen LogP contribution in [-0.2, 0) is 25.8 Å². The average molecular weight is 613 g/mol. The molecule has 12 nitrogen and oxygen atoms in total. The van der Waals surface area contributed by atoms with Crippen LogP contribution in [0, 0.1) is 11.8 Å². The second-order valence-electron chi connectivity index (χ2n) is 11.8. The summed E-state index contributed by atoms with van der Waals surface area (Å²) in [5, 5.41) is 18.5. The fourth-order valence-electron chi connectivity index (χ4n) is 7.59. The third kappa shape index (κ3) is 4.38. The van der Waals surface area contributed by atoms with Gasteiger partial charge in [-0.05, 0) is 49.7 Å². The first-order valence-corrected chi connectivity index (χ1v) is 15.5. The number of hydrogen-bond donors (Lipinski definition) is 1. The summed E-state index contributed by atoms with van der Waals surface area (Å²) in [6.07, 6.45) is 7.88. The van der Waals surface area contributed by atoms with E-state index in [1.54, 1.807) is 14.5 Å². The lowest BCUT2D eigenvalue weighted by Crippen LogP contribution is -2.56. The summed E-state index contributed by atoms with van der Waals surface area (Å²) in [5.41, 5.74) is -0.367. The van der Waals surface area contributed by atoms with E-state index in [1.165, 1.54) is 4.90 Å². The smallest absolute Gasteiger partial charge is 0.250 e. The first-order valence-electron chi connectivity index (χ1n) is 15.5. The zero-order chi connectivity index (χ0) is 31.3. The maximum atomic E-state index is 14.6. The molecule has 45 heavy (non-hydrogen) atoms. The van der Waals surface area contributed by atoms with E-state index in [4.69, 9.17) is 9.47 Å². The molecule has 1 spiro atoms. The topological polar surface area (TPSA) is 130 Å². The highest BCUT2D eigenvalue weighted by atomic mass is 16.5. The van der Waals surface area contributed by atoms with Crippen LogP contribution in [0.1, 0.15) is 20.3 Å². The number of carbonyl (C=O) groups is 3. The van der Waals surface area contributed by atoms with E-state index in [2.05, 4.69) is 10.3 Å². The molecular formula is C33H36N6O6. The van der Waals surface area contributed by atoms with E-state index in [1.807, 2.05) is 86.7 Å². The molecule has 7 rings (SSSR count).